The zero-order chi connectivity index (χ0) is 42.1. The van der Waals surface area contributed by atoms with Crippen molar-refractivity contribution in [3.63, 3.8) is 0 Å². The Labute approximate surface area is 368 Å². The number of nitrogens with zero attached hydrogens (tertiary/aromatic N) is 4. The molecule has 298 valence electrons. The topological polar surface area (TPSA) is 56.7 Å². The summed E-state index contributed by atoms with van der Waals surface area (Å²) < 4.78 is 8.96. The molecule has 9 aromatic carbocycles. The van der Waals surface area contributed by atoms with E-state index in [-0.39, 0.29) is 0 Å². The molecule has 0 saturated heterocycles. The molecule has 64 heavy (non-hydrogen) atoms. The number of para-hydroxylation sites is 3. The van der Waals surface area contributed by atoms with E-state index >= 15 is 0 Å². The smallest absolute Gasteiger partial charge is 0.162 e. The van der Waals surface area contributed by atoms with Gasteiger partial charge in [-0.05, 0) is 64.4 Å². The summed E-state index contributed by atoms with van der Waals surface area (Å²) in [6.45, 7) is 0. The Kier molecular flexibility index (Phi) is 8.15. The maximum absolute atomic E-state index is 6.62. The van der Waals surface area contributed by atoms with Gasteiger partial charge in [0, 0.05) is 54.9 Å². The zero-order valence-corrected chi connectivity index (χ0v) is 34.5. The van der Waals surface area contributed by atoms with Crippen LogP contribution in [0.3, 0.4) is 0 Å². The maximum Gasteiger partial charge on any atom is 0.162 e. The molecule has 0 unspecified atom stereocenters. The second-order valence-electron chi connectivity index (χ2n) is 16.3. The highest BCUT2D eigenvalue weighted by Crippen LogP contribution is 2.42. The highest BCUT2D eigenvalue weighted by molar-refractivity contribution is 6.22. The molecule has 5 nitrogen and oxygen atoms in total. The minimum Gasteiger partial charge on any atom is -0.454 e. The Morgan fingerprint density at radius 3 is 1.78 bits per heavy atom. The van der Waals surface area contributed by atoms with Crippen molar-refractivity contribution >= 4 is 65.4 Å². The van der Waals surface area contributed by atoms with Gasteiger partial charge in [0.05, 0.1) is 27.9 Å². The van der Waals surface area contributed by atoms with E-state index in [2.05, 4.69) is 205 Å². The second-order valence-corrected chi connectivity index (χ2v) is 16.3. The number of furan rings is 1. The molecule has 5 heteroatoms. The van der Waals surface area contributed by atoms with Crippen LogP contribution in [0.2, 0.25) is 0 Å². The molecule has 0 aliphatic rings. The molecule has 4 heterocycles. The molecule has 4 aromatic heterocycles. The van der Waals surface area contributed by atoms with Gasteiger partial charge in [0.15, 0.2) is 11.4 Å². The molecule has 0 radical (unpaired) electrons. The fourth-order valence-electron chi connectivity index (χ4n) is 9.58. The van der Waals surface area contributed by atoms with E-state index in [1.54, 1.807) is 0 Å². The van der Waals surface area contributed by atoms with Crippen molar-refractivity contribution in [2.45, 2.75) is 0 Å². The van der Waals surface area contributed by atoms with Crippen molar-refractivity contribution in [1.82, 2.24) is 19.5 Å². The van der Waals surface area contributed by atoms with Gasteiger partial charge in [0.2, 0.25) is 0 Å². The van der Waals surface area contributed by atoms with E-state index < -0.39 is 0 Å². The average Bonchev–Trinajstić information content (AvgIpc) is 3.93. The van der Waals surface area contributed by atoms with E-state index in [9.17, 15) is 0 Å². The lowest BCUT2D eigenvalue weighted by Crippen LogP contribution is -1.98. The number of hydrogen-bond acceptors (Lipinski definition) is 4. The van der Waals surface area contributed by atoms with E-state index in [1.165, 1.54) is 27.2 Å². The first kappa shape index (κ1) is 36.0. The first-order valence-corrected chi connectivity index (χ1v) is 21.6. The third-order valence-corrected chi connectivity index (χ3v) is 12.6. The minimum absolute atomic E-state index is 0.666. The molecule has 0 fully saturated rings. The number of rotatable bonds is 6. The molecule has 0 spiro atoms. The van der Waals surface area contributed by atoms with Crippen LogP contribution in [0.25, 0.3) is 127 Å². The van der Waals surface area contributed by atoms with Crippen LogP contribution in [-0.4, -0.2) is 19.5 Å². The monoisotopic (exact) mass is 816 g/mol. The summed E-state index contributed by atoms with van der Waals surface area (Å²) >= 11 is 0. The van der Waals surface area contributed by atoms with Crippen molar-refractivity contribution in [3.05, 3.63) is 218 Å². The highest BCUT2D eigenvalue weighted by atomic mass is 16.3. The fraction of sp³-hybridized carbons (Fsp3) is 0. The Bertz CT molecular complexity index is 3900. The summed E-state index contributed by atoms with van der Waals surface area (Å²) in [5.74, 6) is 0.666. The molecule has 13 rings (SSSR count). The van der Waals surface area contributed by atoms with Crippen LogP contribution in [0.4, 0.5) is 0 Å². The standard InChI is InChI=1S/C59H36N4O/c1-2-15-39(16-3-1)50-36-51(42-18-12-19-43(34-42)63-53-25-9-6-21-45(53)46-22-7-10-26-54(46)63)62-59(61-50)40-30-28-37(29-31-40)41-32-33-48-52(35-41)60-57(47-24-13-17-38-14-4-5-20-44(38)47)58-56(48)49-23-8-11-27-55(49)64-58/h1-36H. The number of pyridine rings is 1. The quantitative estimate of drug-likeness (QED) is 0.168. The van der Waals surface area contributed by atoms with Crippen molar-refractivity contribution in [3.8, 4) is 62.0 Å². The third kappa shape index (κ3) is 5.83. The Balaban J connectivity index is 0.920. The Hall–Kier alpha value is -8.67. The summed E-state index contributed by atoms with van der Waals surface area (Å²) in [5.41, 5.74) is 14.7. The molecular formula is C59H36N4O. The Morgan fingerprint density at radius 2 is 0.984 bits per heavy atom. The summed E-state index contributed by atoms with van der Waals surface area (Å²) in [7, 11) is 0. The summed E-state index contributed by atoms with van der Waals surface area (Å²) in [6, 6.07) is 76.6. The van der Waals surface area contributed by atoms with Crippen LogP contribution in [0.5, 0.6) is 0 Å². The van der Waals surface area contributed by atoms with Crippen LogP contribution in [0.1, 0.15) is 0 Å². The van der Waals surface area contributed by atoms with Gasteiger partial charge in [0.25, 0.3) is 0 Å². The van der Waals surface area contributed by atoms with Gasteiger partial charge in [0.1, 0.15) is 11.3 Å². The van der Waals surface area contributed by atoms with E-state index in [1.807, 2.05) is 18.2 Å². The molecule has 0 bridgehead atoms. The number of fused-ring (bicyclic) bond motifs is 9. The predicted molar refractivity (Wildman–Crippen MR) is 264 cm³/mol. The predicted octanol–water partition coefficient (Wildman–Crippen LogP) is 15.5. The van der Waals surface area contributed by atoms with Gasteiger partial charge in [-0.2, -0.15) is 0 Å². The molecule has 0 aliphatic carbocycles. The molecule has 0 atom stereocenters. The average molecular weight is 817 g/mol. The van der Waals surface area contributed by atoms with Crippen LogP contribution in [0, 0.1) is 0 Å². The third-order valence-electron chi connectivity index (χ3n) is 12.6. The Morgan fingerprint density at radius 1 is 0.375 bits per heavy atom. The van der Waals surface area contributed by atoms with Crippen LogP contribution >= 0.6 is 0 Å². The molecule has 13 aromatic rings. The van der Waals surface area contributed by atoms with Crippen molar-refractivity contribution in [1.29, 1.82) is 0 Å². The van der Waals surface area contributed by atoms with Crippen LogP contribution in [0.15, 0.2) is 223 Å². The van der Waals surface area contributed by atoms with Crippen LogP contribution < -0.4 is 0 Å². The first-order chi connectivity index (χ1) is 31.7. The minimum atomic E-state index is 0.666. The molecule has 0 N–H and O–H groups in total. The number of benzene rings is 9. The zero-order valence-electron chi connectivity index (χ0n) is 34.5. The van der Waals surface area contributed by atoms with Crippen molar-refractivity contribution in [2.75, 3.05) is 0 Å². The fourth-order valence-corrected chi connectivity index (χ4v) is 9.58. The SMILES string of the molecule is c1ccc(-c2cc(-c3cccc(-n4c5ccccc5c5ccccc54)c3)nc(-c3ccc(-c4ccc5c(c4)nc(-c4cccc6ccccc46)c4oc6ccccc6c45)cc3)n2)cc1. The largest absolute Gasteiger partial charge is 0.454 e. The van der Waals surface area contributed by atoms with Gasteiger partial charge < -0.3 is 8.98 Å². The molecule has 0 amide bonds. The second kappa shape index (κ2) is 14.5. The summed E-state index contributed by atoms with van der Waals surface area (Å²) in [6.07, 6.45) is 0. The van der Waals surface area contributed by atoms with Crippen LogP contribution in [-0.2, 0) is 0 Å². The number of hydrogen-bond donors (Lipinski definition) is 0. The van der Waals surface area contributed by atoms with Gasteiger partial charge >= 0.3 is 0 Å². The first-order valence-electron chi connectivity index (χ1n) is 21.6. The van der Waals surface area contributed by atoms with Gasteiger partial charge in [-0.25, -0.2) is 15.0 Å². The van der Waals surface area contributed by atoms with Crippen molar-refractivity contribution < 1.29 is 4.42 Å². The normalized spacial score (nSPS) is 11.8. The van der Waals surface area contributed by atoms with E-state index in [0.29, 0.717) is 5.82 Å². The van der Waals surface area contributed by atoms with E-state index in [4.69, 9.17) is 19.4 Å². The maximum atomic E-state index is 6.62. The molecule has 0 saturated carbocycles. The van der Waals surface area contributed by atoms with Gasteiger partial charge in [-0.15, -0.1) is 0 Å². The lowest BCUT2D eigenvalue weighted by Gasteiger charge is -2.13. The lowest BCUT2D eigenvalue weighted by atomic mass is 9.97. The summed E-state index contributed by atoms with van der Waals surface area (Å²) in [5, 5.41) is 8.00. The number of aromatic nitrogens is 4. The van der Waals surface area contributed by atoms with Gasteiger partial charge in [-0.3, -0.25) is 0 Å². The van der Waals surface area contributed by atoms with Gasteiger partial charge in [-0.1, -0.05) is 176 Å². The summed E-state index contributed by atoms with van der Waals surface area (Å²) in [4.78, 5) is 15.8. The lowest BCUT2D eigenvalue weighted by molar-refractivity contribution is 0.669. The van der Waals surface area contributed by atoms with Crippen molar-refractivity contribution in [2.24, 2.45) is 0 Å². The highest BCUT2D eigenvalue weighted by Gasteiger charge is 2.20. The molecular weight excluding hydrogens is 781 g/mol. The molecule has 0 aliphatic heterocycles. The van der Waals surface area contributed by atoms with E-state index in [0.717, 1.165) is 94.4 Å².